The van der Waals surface area contributed by atoms with Crippen LogP contribution in [0.25, 0.3) is 31.9 Å². The number of methoxy groups -OCH3 is 1. The van der Waals surface area contributed by atoms with E-state index in [0.717, 1.165) is 20.8 Å². The summed E-state index contributed by atoms with van der Waals surface area (Å²) in [6, 6.07) is 13.5. The molecule has 0 unspecified atom stereocenters. The Hall–Kier alpha value is -3.23. The zero-order valence-corrected chi connectivity index (χ0v) is 17.9. The van der Waals surface area contributed by atoms with Crippen LogP contribution >= 0.6 is 22.7 Å². The Labute approximate surface area is 180 Å². The van der Waals surface area contributed by atoms with Crippen molar-refractivity contribution in [3.05, 3.63) is 75.2 Å². The lowest BCUT2D eigenvalue weighted by molar-refractivity contribution is 0.375. The molecule has 0 spiro atoms. The minimum Gasteiger partial charge on any atom is -0.496 e. The molecule has 0 saturated heterocycles. The first-order chi connectivity index (χ1) is 14.6. The summed E-state index contributed by atoms with van der Waals surface area (Å²) in [5.74, 6) is 1.29. The van der Waals surface area contributed by atoms with Crippen molar-refractivity contribution in [1.29, 1.82) is 0 Å². The van der Waals surface area contributed by atoms with Gasteiger partial charge in [0.1, 0.15) is 16.3 Å². The first kappa shape index (κ1) is 18.8. The van der Waals surface area contributed by atoms with Crippen LogP contribution < -0.4 is 10.3 Å². The molecular weight excluding hydrogens is 418 g/mol. The van der Waals surface area contributed by atoms with Gasteiger partial charge in [-0.05, 0) is 31.2 Å². The van der Waals surface area contributed by atoms with Crippen molar-refractivity contribution in [2.24, 2.45) is 0 Å². The van der Waals surface area contributed by atoms with E-state index in [0.29, 0.717) is 22.6 Å². The number of para-hydroxylation sites is 1. The molecule has 8 heteroatoms. The van der Waals surface area contributed by atoms with Gasteiger partial charge in [-0.1, -0.05) is 17.3 Å². The normalized spacial score (nSPS) is 11.3. The Bertz CT molecular complexity index is 1410. The molecule has 1 aromatic carbocycles. The quantitative estimate of drug-likeness (QED) is 0.379. The van der Waals surface area contributed by atoms with Crippen molar-refractivity contribution in [2.75, 3.05) is 7.11 Å². The third-order valence-electron chi connectivity index (χ3n) is 4.83. The van der Waals surface area contributed by atoms with E-state index in [-0.39, 0.29) is 12.1 Å². The molecule has 0 saturated carbocycles. The van der Waals surface area contributed by atoms with Crippen LogP contribution in [0.5, 0.6) is 5.75 Å². The number of ether oxygens (including phenoxy) is 1. The van der Waals surface area contributed by atoms with Crippen LogP contribution in [0.15, 0.2) is 63.5 Å². The van der Waals surface area contributed by atoms with Gasteiger partial charge in [0.05, 0.1) is 25.4 Å². The molecule has 0 bridgehead atoms. The largest absolute Gasteiger partial charge is 0.496 e. The van der Waals surface area contributed by atoms with E-state index >= 15 is 0 Å². The maximum atomic E-state index is 13.2. The topological polar surface area (TPSA) is 70.2 Å². The molecule has 5 aromatic rings. The standard InChI is InChI=1S/C22H17N3O3S2/c1-13-7-8-19(30-13)16-11-29-21-20(16)22(26)25(12-23-21)10-14-9-17(24-28-14)15-5-3-4-6-18(15)27-2/h3-9,11-12H,10H2,1-2H3. The van der Waals surface area contributed by atoms with Gasteiger partial charge in [0.15, 0.2) is 5.76 Å². The Kier molecular flexibility index (Phi) is 4.72. The van der Waals surface area contributed by atoms with Crippen molar-refractivity contribution in [1.82, 2.24) is 14.7 Å². The van der Waals surface area contributed by atoms with Gasteiger partial charge in [-0.25, -0.2) is 4.98 Å². The van der Waals surface area contributed by atoms with Crippen LogP contribution in [-0.2, 0) is 6.54 Å². The number of aromatic nitrogens is 3. The Balaban J connectivity index is 1.52. The third kappa shape index (κ3) is 3.24. The lowest BCUT2D eigenvalue weighted by Crippen LogP contribution is -2.20. The van der Waals surface area contributed by atoms with Gasteiger partial charge in [0, 0.05) is 32.3 Å². The molecule has 30 heavy (non-hydrogen) atoms. The molecule has 6 nitrogen and oxygen atoms in total. The van der Waals surface area contributed by atoms with Crippen LogP contribution in [0, 0.1) is 6.92 Å². The van der Waals surface area contributed by atoms with Gasteiger partial charge in [0.25, 0.3) is 5.56 Å². The van der Waals surface area contributed by atoms with Crippen molar-refractivity contribution >= 4 is 32.9 Å². The molecule has 0 fully saturated rings. The highest BCUT2D eigenvalue weighted by Gasteiger charge is 2.16. The Morgan fingerprint density at radius 3 is 2.83 bits per heavy atom. The fourth-order valence-corrected chi connectivity index (χ4v) is 5.24. The molecule has 0 radical (unpaired) electrons. The molecule has 0 amide bonds. The molecule has 150 valence electrons. The zero-order valence-electron chi connectivity index (χ0n) is 16.3. The van der Waals surface area contributed by atoms with Gasteiger partial charge in [-0.3, -0.25) is 9.36 Å². The molecule has 0 aliphatic rings. The minimum atomic E-state index is -0.0856. The summed E-state index contributed by atoms with van der Waals surface area (Å²) in [5.41, 5.74) is 2.35. The van der Waals surface area contributed by atoms with E-state index in [1.807, 2.05) is 41.8 Å². The SMILES string of the molecule is COc1ccccc1-c1cc(Cn2cnc3scc(-c4ccc(C)s4)c3c2=O)on1. The molecule has 0 aliphatic carbocycles. The highest BCUT2D eigenvalue weighted by molar-refractivity contribution is 7.19. The second-order valence-corrected chi connectivity index (χ2v) is 8.94. The minimum absolute atomic E-state index is 0.0856. The Morgan fingerprint density at radius 2 is 2.03 bits per heavy atom. The van der Waals surface area contributed by atoms with Gasteiger partial charge in [-0.2, -0.15) is 0 Å². The van der Waals surface area contributed by atoms with Crippen LogP contribution in [0.4, 0.5) is 0 Å². The summed E-state index contributed by atoms with van der Waals surface area (Å²) >= 11 is 3.16. The summed E-state index contributed by atoms with van der Waals surface area (Å²) in [6.45, 7) is 2.31. The molecule has 5 rings (SSSR count). The van der Waals surface area contributed by atoms with Gasteiger partial charge in [-0.15, -0.1) is 22.7 Å². The van der Waals surface area contributed by atoms with Crippen molar-refractivity contribution in [3.63, 3.8) is 0 Å². The maximum Gasteiger partial charge on any atom is 0.263 e. The van der Waals surface area contributed by atoms with Gasteiger partial charge < -0.3 is 9.26 Å². The fraction of sp³-hybridized carbons (Fsp3) is 0.136. The number of thiophene rings is 2. The second-order valence-electron chi connectivity index (χ2n) is 6.80. The zero-order chi connectivity index (χ0) is 20.7. The van der Waals surface area contributed by atoms with E-state index < -0.39 is 0 Å². The Morgan fingerprint density at radius 1 is 1.17 bits per heavy atom. The number of hydrogen-bond acceptors (Lipinski definition) is 7. The van der Waals surface area contributed by atoms with E-state index in [2.05, 4.69) is 23.1 Å². The number of aryl methyl sites for hydroxylation is 1. The molecule has 0 atom stereocenters. The first-order valence-corrected chi connectivity index (χ1v) is 11.0. The predicted octanol–water partition coefficient (Wildman–Crippen LogP) is 5.21. The fourth-order valence-electron chi connectivity index (χ4n) is 3.38. The van der Waals surface area contributed by atoms with Crippen LogP contribution in [0.1, 0.15) is 10.6 Å². The molecule has 4 aromatic heterocycles. The van der Waals surface area contributed by atoms with Gasteiger partial charge >= 0.3 is 0 Å². The van der Waals surface area contributed by atoms with E-state index in [1.165, 1.54) is 16.2 Å². The molecule has 4 heterocycles. The second kappa shape index (κ2) is 7.55. The summed E-state index contributed by atoms with van der Waals surface area (Å²) < 4.78 is 12.5. The maximum absolute atomic E-state index is 13.2. The predicted molar refractivity (Wildman–Crippen MR) is 120 cm³/mol. The number of fused-ring (bicyclic) bond motifs is 1. The van der Waals surface area contributed by atoms with Crippen LogP contribution in [0.3, 0.4) is 0 Å². The average molecular weight is 436 g/mol. The van der Waals surface area contributed by atoms with Gasteiger partial charge in [0.2, 0.25) is 0 Å². The average Bonchev–Trinajstić information content (AvgIpc) is 3.49. The summed E-state index contributed by atoms with van der Waals surface area (Å²) in [6.07, 6.45) is 1.57. The lowest BCUT2D eigenvalue weighted by Gasteiger charge is -2.04. The summed E-state index contributed by atoms with van der Waals surface area (Å²) in [7, 11) is 1.62. The summed E-state index contributed by atoms with van der Waals surface area (Å²) in [4.78, 5) is 20.7. The highest BCUT2D eigenvalue weighted by Crippen LogP contribution is 2.35. The number of nitrogens with zero attached hydrogens (tertiary/aromatic N) is 3. The highest BCUT2D eigenvalue weighted by atomic mass is 32.1. The van der Waals surface area contributed by atoms with Crippen molar-refractivity contribution in [2.45, 2.75) is 13.5 Å². The number of benzene rings is 1. The van der Waals surface area contributed by atoms with E-state index in [1.54, 1.807) is 29.3 Å². The van der Waals surface area contributed by atoms with E-state index in [9.17, 15) is 4.79 Å². The molecule has 0 N–H and O–H groups in total. The van der Waals surface area contributed by atoms with Crippen molar-refractivity contribution < 1.29 is 9.26 Å². The van der Waals surface area contributed by atoms with Crippen molar-refractivity contribution in [3.8, 4) is 27.4 Å². The molecular formula is C22H17N3O3S2. The monoisotopic (exact) mass is 435 g/mol. The first-order valence-electron chi connectivity index (χ1n) is 9.26. The molecule has 0 aliphatic heterocycles. The van der Waals surface area contributed by atoms with Crippen LogP contribution in [-0.4, -0.2) is 21.8 Å². The van der Waals surface area contributed by atoms with E-state index in [4.69, 9.17) is 9.26 Å². The number of hydrogen-bond donors (Lipinski definition) is 0. The van der Waals surface area contributed by atoms with Crippen LogP contribution in [0.2, 0.25) is 0 Å². The number of rotatable bonds is 5. The smallest absolute Gasteiger partial charge is 0.263 e. The third-order valence-corrected chi connectivity index (χ3v) is 6.75. The summed E-state index contributed by atoms with van der Waals surface area (Å²) in [5, 5.41) is 6.80. The lowest BCUT2D eigenvalue weighted by atomic mass is 10.1.